The maximum Gasteiger partial charge on any atom is 0.410 e. The number of para-hydroxylation sites is 1. The topological polar surface area (TPSA) is 71.5 Å². The highest BCUT2D eigenvalue weighted by Crippen LogP contribution is 2.25. The van der Waals surface area contributed by atoms with Gasteiger partial charge in [-0.1, -0.05) is 24.3 Å². The molecule has 31 heavy (non-hydrogen) atoms. The molecule has 0 aliphatic rings. The van der Waals surface area contributed by atoms with Crippen molar-refractivity contribution >= 4 is 51.0 Å². The van der Waals surface area contributed by atoms with Crippen LogP contribution in [-0.4, -0.2) is 40.3 Å². The summed E-state index contributed by atoms with van der Waals surface area (Å²) in [5, 5.41) is 3.94. The Balaban J connectivity index is 1.48. The number of nitrogens with one attached hydrogen (secondary N) is 1. The molecule has 0 fully saturated rings. The molecule has 0 unspecified atom stereocenters. The van der Waals surface area contributed by atoms with Crippen molar-refractivity contribution in [2.24, 2.45) is 0 Å². The predicted octanol–water partition coefficient (Wildman–Crippen LogP) is 5.54. The van der Waals surface area contributed by atoms with Crippen LogP contribution in [0, 0.1) is 0 Å². The van der Waals surface area contributed by atoms with Crippen LogP contribution in [0.4, 0.5) is 10.5 Å². The van der Waals surface area contributed by atoms with Crippen LogP contribution in [0.15, 0.2) is 48.5 Å². The van der Waals surface area contributed by atoms with Crippen molar-refractivity contribution in [2.75, 3.05) is 18.1 Å². The number of carbonyl (C=O) groups is 2. The molecule has 0 radical (unpaired) electrons. The summed E-state index contributed by atoms with van der Waals surface area (Å²) in [5.41, 5.74) is 2.08. The molecule has 1 aromatic heterocycles. The fraction of sp³-hybridized carbons (Fsp3) is 0.348. The molecule has 0 atom stereocenters. The van der Waals surface area contributed by atoms with Gasteiger partial charge < -0.3 is 15.0 Å². The van der Waals surface area contributed by atoms with Crippen molar-refractivity contribution in [1.29, 1.82) is 0 Å². The first-order valence-corrected chi connectivity index (χ1v) is 11.9. The highest BCUT2D eigenvalue weighted by atomic mass is 32.2. The highest BCUT2D eigenvalue weighted by Gasteiger charge is 2.19. The first kappa shape index (κ1) is 23.1. The molecule has 0 aliphatic carbocycles. The number of rotatable bonds is 7. The summed E-state index contributed by atoms with van der Waals surface area (Å²) in [7, 11) is 1.69. The lowest BCUT2D eigenvalue weighted by atomic mass is 10.2. The smallest absolute Gasteiger partial charge is 0.410 e. The summed E-state index contributed by atoms with van der Waals surface area (Å²) < 4.78 is 6.54. The van der Waals surface area contributed by atoms with E-state index in [1.165, 1.54) is 16.7 Å². The van der Waals surface area contributed by atoms with E-state index in [-0.39, 0.29) is 12.0 Å². The molecule has 6 nitrogen and oxygen atoms in total. The largest absolute Gasteiger partial charge is 0.444 e. The zero-order valence-electron chi connectivity index (χ0n) is 18.2. The van der Waals surface area contributed by atoms with E-state index in [4.69, 9.17) is 4.74 Å². The molecule has 3 aromatic rings. The molecule has 0 spiro atoms. The SMILES string of the molecule is CN(Cc1cccc(NC(=O)CSCc2nc3ccccc3s2)c1)C(=O)OC(C)(C)C. The lowest BCUT2D eigenvalue weighted by molar-refractivity contribution is -0.113. The van der Waals surface area contributed by atoms with Gasteiger partial charge in [-0.2, -0.15) is 0 Å². The van der Waals surface area contributed by atoms with E-state index in [0.29, 0.717) is 23.7 Å². The summed E-state index contributed by atoms with van der Waals surface area (Å²) in [5.74, 6) is 0.981. The monoisotopic (exact) mass is 457 g/mol. The van der Waals surface area contributed by atoms with Crippen LogP contribution in [0.3, 0.4) is 0 Å². The molecular formula is C23H27N3O3S2. The van der Waals surface area contributed by atoms with E-state index in [0.717, 1.165) is 20.8 Å². The first-order valence-electron chi connectivity index (χ1n) is 9.95. The standard InChI is InChI=1S/C23H27N3O3S2/c1-23(2,3)29-22(28)26(4)13-16-8-7-9-17(12-16)24-20(27)14-30-15-21-25-18-10-5-6-11-19(18)31-21/h5-12H,13-15H2,1-4H3,(H,24,27). The number of carbonyl (C=O) groups excluding carboxylic acids is 2. The second kappa shape index (κ2) is 10.2. The van der Waals surface area contributed by atoms with E-state index < -0.39 is 5.60 Å². The normalized spacial score (nSPS) is 11.4. The highest BCUT2D eigenvalue weighted by molar-refractivity contribution is 7.99. The second-order valence-corrected chi connectivity index (χ2v) is 10.3. The Morgan fingerprint density at radius 3 is 2.68 bits per heavy atom. The maximum absolute atomic E-state index is 12.3. The van der Waals surface area contributed by atoms with Gasteiger partial charge in [0.25, 0.3) is 0 Å². The first-order chi connectivity index (χ1) is 14.7. The number of thioether (sulfide) groups is 1. The van der Waals surface area contributed by atoms with Crippen LogP contribution in [0.2, 0.25) is 0 Å². The van der Waals surface area contributed by atoms with E-state index in [1.54, 1.807) is 18.4 Å². The maximum atomic E-state index is 12.3. The number of hydrogen-bond donors (Lipinski definition) is 1. The molecule has 3 rings (SSSR count). The summed E-state index contributed by atoms with van der Waals surface area (Å²) >= 11 is 3.20. The number of anilines is 1. The fourth-order valence-corrected chi connectivity index (χ4v) is 4.68. The van der Waals surface area contributed by atoms with Crippen molar-refractivity contribution in [3.63, 3.8) is 0 Å². The molecule has 8 heteroatoms. The average molecular weight is 458 g/mol. The Labute approximate surface area is 191 Å². The zero-order valence-corrected chi connectivity index (χ0v) is 19.8. The molecule has 164 valence electrons. The van der Waals surface area contributed by atoms with Crippen LogP contribution in [0.25, 0.3) is 10.2 Å². The van der Waals surface area contributed by atoms with Gasteiger partial charge >= 0.3 is 6.09 Å². The van der Waals surface area contributed by atoms with Crippen molar-refractivity contribution in [3.8, 4) is 0 Å². The van der Waals surface area contributed by atoms with Crippen LogP contribution < -0.4 is 5.32 Å². The van der Waals surface area contributed by atoms with Gasteiger partial charge in [-0.25, -0.2) is 9.78 Å². The van der Waals surface area contributed by atoms with Gasteiger partial charge in [-0.15, -0.1) is 23.1 Å². The van der Waals surface area contributed by atoms with Gasteiger partial charge in [-0.05, 0) is 50.6 Å². The van der Waals surface area contributed by atoms with Gasteiger partial charge in [0.15, 0.2) is 0 Å². The van der Waals surface area contributed by atoms with E-state index in [1.807, 2.05) is 63.2 Å². The van der Waals surface area contributed by atoms with E-state index in [2.05, 4.69) is 16.4 Å². The summed E-state index contributed by atoms with van der Waals surface area (Å²) in [6, 6.07) is 15.5. The molecular weight excluding hydrogens is 430 g/mol. The Hall–Kier alpha value is -2.58. The molecule has 0 bridgehead atoms. The lowest BCUT2D eigenvalue weighted by Crippen LogP contribution is -2.33. The van der Waals surface area contributed by atoms with Gasteiger partial charge in [0.05, 0.1) is 16.0 Å². The Bertz CT molecular complexity index is 1030. The quantitative estimate of drug-likeness (QED) is 0.505. The second-order valence-electron chi connectivity index (χ2n) is 8.15. The number of amides is 2. The van der Waals surface area contributed by atoms with Crippen LogP contribution in [0.1, 0.15) is 31.3 Å². The van der Waals surface area contributed by atoms with Gasteiger partial charge in [0.2, 0.25) is 5.91 Å². The number of aromatic nitrogens is 1. The summed E-state index contributed by atoms with van der Waals surface area (Å²) in [4.78, 5) is 30.6. The molecule has 0 saturated heterocycles. The Kier molecular flexibility index (Phi) is 7.56. The number of nitrogens with zero attached hydrogens (tertiary/aromatic N) is 2. The van der Waals surface area contributed by atoms with Gasteiger partial charge in [-0.3, -0.25) is 4.79 Å². The molecule has 1 N–H and O–H groups in total. The van der Waals surface area contributed by atoms with Crippen molar-refractivity contribution in [3.05, 3.63) is 59.1 Å². The lowest BCUT2D eigenvalue weighted by Gasteiger charge is -2.24. The number of benzene rings is 2. The zero-order chi connectivity index (χ0) is 22.4. The average Bonchev–Trinajstić information content (AvgIpc) is 3.09. The van der Waals surface area contributed by atoms with Crippen molar-refractivity contribution < 1.29 is 14.3 Å². The van der Waals surface area contributed by atoms with Crippen LogP contribution in [-0.2, 0) is 21.8 Å². The summed E-state index contributed by atoms with van der Waals surface area (Å²) in [6.45, 7) is 5.90. The molecule has 0 saturated carbocycles. The van der Waals surface area contributed by atoms with Gasteiger partial charge in [0, 0.05) is 25.0 Å². The predicted molar refractivity (Wildman–Crippen MR) is 129 cm³/mol. The minimum absolute atomic E-state index is 0.0660. The summed E-state index contributed by atoms with van der Waals surface area (Å²) in [6.07, 6.45) is -0.381. The van der Waals surface area contributed by atoms with E-state index in [9.17, 15) is 9.59 Å². The van der Waals surface area contributed by atoms with Crippen LogP contribution >= 0.6 is 23.1 Å². The number of thiazole rings is 1. The Morgan fingerprint density at radius 1 is 1.16 bits per heavy atom. The third-order valence-electron chi connectivity index (χ3n) is 4.13. The number of hydrogen-bond acceptors (Lipinski definition) is 6. The molecule has 1 heterocycles. The molecule has 2 aromatic carbocycles. The molecule has 0 aliphatic heterocycles. The fourth-order valence-electron chi connectivity index (χ4n) is 2.84. The van der Waals surface area contributed by atoms with Crippen molar-refractivity contribution in [2.45, 2.75) is 38.7 Å². The molecule has 2 amide bonds. The van der Waals surface area contributed by atoms with E-state index >= 15 is 0 Å². The van der Waals surface area contributed by atoms with Crippen molar-refractivity contribution in [1.82, 2.24) is 9.88 Å². The minimum atomic E-state index is -0.538. The third kappa shape index (κ3) is 7.25. The van der Waals surface area contributed by atoms with Gasteiger partial charge in [0.1, 0.15) is 10.6 Å². The minimum Gasteiger partial charge on any atom is -0.444 e. The van der Waals surface area contributed by atoms with Crippen LogP contribution in [0.5, 0.6) is 0 Å². The third-order valence-corrected chi connectivity index (χ3v) is 6.30. The number of ether oxygens (including phenoxy) is 1. The Morgan fingerprint density at radius 2 is 1.94 bits per heavy atom. The number of fused-ring (bicyclic) bond motifs is 1.